The zero-order valence-electron chi connectivity index (χ0n) is 25.2. The van der Waals surface area contributed by atoms with Crippen LogP contribution in [0.3, 0.4) is 0 Å². The second-order valence-electron chi connectivity index (χ2n) is 10.8. The standard InChI is InChI=1S/C34H44N2O6/c1-25(2)36(34(37)28-14-15-32(39-4)33(19-28)40-17-9-16-38-3)29-18-27(21-35-22-29)24-42-31-13-8-12-30(20-31)41-23-26-10-6-5-7-11-26/h5-8,10-15,19-20,25,27,29,35H,9,16-18,21-24H2,1-4H3/t27-,29+/m0/s1. The molecule has 1 aliphatic heterocycles. The number of piperidine rings is 1. The Morgan fingerprint density at radius 2 is 1.67 bits per heavy atom. The zero-order valence-corrected chi connectivity index (χ0v) is 25.2. The number of ether oxygens (including phenoxy) is 5. The third-order valence-corrected chi connectivity index (χ3v) is 7.30. The van der Waals surface area contributed by atoms with E-state index in [1.54, 1.807) is 26.4 Å². The number of amides is 1. The van der Waals surface area contributed by atoms with Gasteiger partial charge in [0.1, 0.15) is 18.1 Å². The van der Waals surface area contributed by atoms with Gasteiger partial charge in [-0.05, 0) is 56.2 Å². The highest BCUT2D eigenvalue weighted by Crippen LogP contribution is 2.30. The molecule has 2 atom stereocenters. The number of carbonyl (C=O) groups excluding carboxylic acids is 1. The van der Waals surface area contributed by atoms with E-state index >= 15 is 0 Å². The molecule has 0 saturated carbocycles. The summed E-state index contributed by atoms with van der Waals surface area (Å²) < 4.78 is 28.7. The first-order chi connectivity index (χ1) is 20.5. The third-order valence-electron chi connectivity index (χ3n) is 7.30. The highest BCUT2D eigenvalue weighted by atomic mass is 16.5. The first-order valence-corrected chi connectivity index (χ1v) is 14.7. The van der Waals surface area contributed by atoms with Gasteiger partial charge in [-0.15, -0.1) is 0 Å². The van der Waals surface area contributed by atoms with Gasteiger partial charge in [0.2, 0.25) is 0 Å². The largest absolute Gasteiger partial charge is 0.493 e. The van der Waals surface area contributed by atoms with Gasteiger partial charge >= 0.3 is 0 Å². The van der Waals surface area contributed by atoms with Crippen molar-refractivity contribution in [1.29, 1.82) is 0 Å². The summed E-state index contributed by atoms with van der Waals surface area (Å²) in [4.78, 5) is 15.8. The lowest BCUT2D eigenvalue weighted by atomic mass is 9.94. The second-order valence-corrected chi connectivity index (χ2v) is 10.8. The van der Waals surface area contributed by atoms with Crippen LogP contribution in [0, 0.1) is 5.92 Å². The lowest BCUT2D eigenvalue weighted by Crippen LogP contribution is -2.54. The molecule has 8 heteroatoms. The van der Waals surface area contributed by atoms with Gasteiger partial charge in [0.25, 0.3) is 5.91 Å². The maximum Gasteiger partial charge on any atom is 0.254 e. The Morgan fingerprint density at radius 3 is 2.40 bits per heavy atom. The molecule has 0 unspecified atom stereocenters. The first-order valence-electron chi connectivity index (χ1n) is 14.7. The Bertz CT molecular complexity index is 1250. The van der Waals surface area contributed by atoms with Gasteiger partial charge in [0.05, 0.1) is 20.3 Å². The third kappa shape index (κ3) is 8.87. The molecule has 42 heavy (non-hydrogen) atoms. The topological polar surface area (TPSA) is 78.5 Å². The van der Waals surface area contributed by atoms with Crippen molar-refractivity contribution in [1.82, 2.24) is 10.2 Å². The summed E-state index contributed by atoms with van der Waals surface area (Å²) in [5.41, 5.74) is 1.70. The summed E-state index contributed by atoms with van der Waals surface area (Å²) in [6.07, 6.45) is 1.59. The zero-order chi connectivity index (χ0) is 29.7. The van der Waals surface area contributed by atoms with E-state index < -0.39 is 0 Å². The Kier molecular flexibility index (Phi) is 11.9. The molecule has 3 aromatic carbocycles. The average Bonchev–Trinajstić information content (AvgIpc) is 3.02. The number of hydrogen-bond acceptors (Lipinski definition) is 7. The van der Waals surface area contributed by atoms with Gasteiger partial charge in [-0.25, -0.2) is 0 Å². The SMILES string of the molecule is COCCCOc1cc(C(=O)N(C(C)C)[C@H]2CNC[C@@H](COc3cccc(OCc4ccccc4)c3)C2)ccc1OC. The van der Waals surface area contributed by atoms with Crippen molar-refractivity contribution >= 4 is 5.91 Å². The molecular formula is C34H44N2O6. The van der Waals surface area contributed by atoms with Gasteiger partial charge < -0.3 is 33.9 Å². The van der Waals surface area contributed by atoms with E-state index in [0.717, 1.165) is 43.0 Å². The van der Waals surface area contributed by atoms with Crippen molar-refractivity contribution < 1.29 is 28.5 Å². The molecule has 0 radical (unpaired) electrons. The average molecular weight is 577 g/mol. The summed E-state index contributed by atoms with van der Waals surface area (Å²) in [6.45, 7) is 7.83. The molecule has 1 aliphatic rings. The number of methoxy groups -OCH3 is 2. The van der Waals surface area contributed by atoms with Gasteiger partial charge in [-0.1, -0.05) is 36.4 Å². The lowest BCUT2D eigenvalue weighted by molar-refractivity contribution is 0.0509. The molecule has 1 heterocycles. The molecule has 226 valence electrons. The van der Waals surface area contributed by atoms with E-state index in [0.29, 0.717) is 43.5 Å². The van der Waals surface area contributed by atoms with Crippen molar-refractivity contribution in [2.24, 2.45) is 5.92 Å². The fraction of sp³-hybridized carbons (Fsp3) is 0.441. The summed E-state index contributed by atoms with van der Waals surface area (Å²) in [7, 11) is 3.26. The Morgan fingerprint density at radius 1 is 0.881 bits per heavy atom. The van der Waals surface area contributed by atoms with Gasteiger partial charge in [0, 0.05) is 62.9 Å². The van der Waals surface area contributed by atoms with E-state index in [4.69, 9.17) is 23.7 Å². The van der Waals surface area contributed by atoms with Crippen LogP contribution in [0.4, 0.5) is 0 Å². The number of benzene rings is 3. The Balaban J connectivity index is 1.36. The summed E-state index contributed by atoms with van der Waals surface area (Å²) in [5.74, 6) is 2.94. The van der Waals surface area contributed by atoms with Gasteiger partial charge in [-0.2, -0.15) is 0 Å². The predicted octanol–water partition coefficient (Wildman–Crippen LogP) is 5.60. The van der Waals surface area contributed by atoms with E-state index in [9.17, 15) is 4.79 Å². The number of nitrogens with zero attached hydrogens (tertiary/aromatic N) is 1. The molecule has 1 fully saturated rings. The van der Waals surface area contributed by atoms with Crippen LogP contribution in [-0.2, 0) is 11.3 Å². The molecule has 1 saturated heterocycles. The molecule has 1 N–H and O–H groups in total. The van der Waals surface area contributed by atoms with E-state index in [1.165, 1.54) is 0 Å². The minimum absolute atomic E-state index is 0.0222. The molecule has 0 aromatic heterocycles. The number of rotatable bonds is 15. The van der Waals surface area contributed by atoms with Crippen LogP contribution in [0.15, 0.2) is 72.8 Å². The fourth-order valence-corrected chi connectivity index (χ4v) is 5.23. The Hall–Kier alpha value is -3.75. The maximum atomic E-state index is 13.8. The van der Waals surface area contributed by atoms with Crippen molar-refractivity contribution in [3.05, 3.63) is 83.9 Å². The smallest absolute Gasteiger partial charge is 0.254 e. The molecule has 1 amide bonds. The van der Waals surface area contributed by atoms with Crippen LogP contribution in [-0.4, -0.2) is 70.0 Å². The number of hydrogen-bond donors (Lipinski definition) is 1. The van der Waals surface area contributed by atoms with Gasteiger partial charge in [0.15, 0.2) is 11.5 Å². The van der Waals surface area contributed by atoms with E-state index in [1.807, 2.05) is 65.6 Å². The highest BCUT2D eigenvalue weighted by Gasteiger charge is 2.32. The van der Waals surface area contributed by atoms with Crippen molar-refractivity contribution in [3.8, 4) is 23.0 Å². The lowest BCUT2D eigenvalue weighted by Gasteiger charge is -2.40. The van der Waals surface area contributed by atoms with E-state index in [-0.39, 0.29) is 23.9 Å². The van der Waals surface area contributed by atoms with Crippen LogP contribution in [0.5, 0.6) is 23.0 Å². The minimum Gasteiger partial charge on any atom is -0.493 e. The number of nitrogens with one attached hydrogen (secondary N) is 1. The van der Waals surface area contributed by atoms with Crippen molar-refractivity contribution in [3.63, 3.8) is 0 Å². The molecular weight excluding hydrogens is 532 g/mol. The maximum absolute atomic E-state index is 13.8. The normalized spacial score (nSPS) is 16.6. The number of carbonyl (C=O) groups is 1. The summed E-state index contributed by atoms with van der Waals surface area (Å²) >= 11 is 0. The monoisotopic (exact) mass is 576 g/mol. The molecule has 0 aliphatic carbocycles. The van der Waals surface area contributed by atoms with Crippen LogP contribution in [0.2, 0.25) is 0 Å². The molecule has 3 aromatic rings. The predicted molar refractivity (Wildman–Crippen MR) is 164 cm³/mol. The van der Waals surface area contributed by atoms with Crippen LogP contribution in [0.25, 0.3) is 0 Å². The summed E-state index contributed by atoms with van der Waals surface area (Å²) in [6, 6.07) is 23.3. The molecule has 0 spiro atoms. The molecule has 8 nitrogen and oxygen atoms in total. The summed E-state index contributed by atoms with van der Waals surface area (Å²) in [5, 5.41) is 3.53. The van der Waals surface area contributed by atoms with Crippen molar-refractivity contribution in [2.75, 3.05) is 47.1 Å². The van der Waals surface area contributed by atoms with Gasteiger partial charge in [-0.3, -0.25) is 4.79 Å². The first kappa shape index (κ1) is 31.2. The van der Waals surface area contributed by atoms with Crippen LogP contribution < -0.4 is 24.3 Å². The van der Waals surface area contributed by atoms with Crippen molar-refractivity contribution in [2.45, 2.75) is 45.4 Å². The quantitative estimate of drug-likeness (QED) is 0.236. The van der Waals surface area contributed by atoms with Crippen LogP contribution in [0.1, 0.15) is 42.6 Å². The second kappa shape index (κ2) is 16.0. The molecule has 4 rings (SSSR count). The van der Waals surface area contributed by atoms with E-state index in [2.05, 4.69) is 19.2 Å². The Labute approximate surface area is 249 Å². The molecule has 0 bridgehead atoms. The fourth-order valence-electron chi connectivity index (χ4n) is 5.23. The highest BCUT2D eigenvalue weighted by molar-refractivity contribution is 5.95. The van der Waals surface area contributed by atoms with Crippen LogP contribution >= 0.6 is 0 Å². The minimum atomic E-state index is -0.0222.